The van der Waals surface area contributed by atoms with Gasteiger partial charge in [-0.1, -0.05) is 17.7 Å². The lowest BCUT2D eigenvalue weighted by Gasteiger charge is -2.36. The second-order valence-electron chi connectivity index (χ2n) is 15.4. The average molecular weight is 793 g/mol. The molecule has 4 aromatic rings. The number of piperidine rings is 2. The summed E-state index contributed by atoms with van der Waals surface area (Å²) in [5, 5.41) is 29.2. The Bertz CT molecular complexity index is 2180. The van der Waals surface area contributed by atoms with E-state index >= 15 is 0 Å². The number of amides is 5. The van der Waals surface area contributed by atoms with Crippen molar-refractivity contribution in [2.24, 2.45) is 0 Å². The van der Waals surface area contributed by atoms with E-state index in [4.69, 9.17) is 26.7 Å². The first kappa shape index (κ1) is 38.3. The number of hydrogen-bond donors (Lipinski definition) is 2. The molecule has 2 aromatic heterocycles. The van der Waals surface area contributed by atoms with Crippen LogP contribution in [0.4, 0.5) is 10.5 Å². The molecule has 296 valence electrons. The maximum absolute atomic E-state index is 13.4. The van der Waals surface area contributed by atoms with E-state index in [0.717, 1.165) is 86.7 Å². The molecule has 16 heteroatoms. The highest BCUT2D eigenvalue weighted by Crippen LogP contribution is 2.33. The number of carbonyl (C=O) groups is 4. The summed E-state index contributed by atoms with van der Waals surface area (Å²) in [6.07, 6.45) is 8.49. The van der Waals surface area contributed by atoms with Gasteiger partial charge in [-0.3, -0.25) is 34.2 Å². The fourth-order valence-corrected chi connectivity index (χ4v) is 8.74. The lowest BCUT2D eigenvalue weighted by molar-refractivity contribution is -0.134. The van der Waals surface area contributed by atoms with E-state index in [1.54, 1.807) is 35.4 Å². The Morgan fingerprint density at radius 3 is 2.42 bits per heavy atom. The lowest BCUT2D eigenvalue weighted by atomic mass is 9.92. The van der Waals surface area contributed by atoms with Gasteiger partial charge in [-0.25, -0.2) is 4.79 Å². The molecule has 0 atom stereocenters. The number of likely N-dealkylation sites (tertiary alicyclic amines) is 2. The minimum Gasteiger partial charge on any atom is -0.490 e. The topological polar surface area (TPSA) is 179 Å². The lowest BCUT2D eigenvalue weighted by Crippen LogP contribution is -2.49. The number of nitrogens with one attached hydrogen (secondary N) is 2. The SMILES string of the molecule is N#Cc1ccc(OC2CCC(NC(=O)c3ccc(C4CCN(CC(=O)N5CCC(n6ncc7c(N8CCC(=O)NC8=O)cccc76)CC5)CC4)nn3)CC2)cc1Cl. The molecule has 3 saturated heterocycles. The van der Waals surface area contributed by atoms with Crippen LogP contribution in [0, 0.1) is 11.3 Å². The third kappa shape index (κ3) is 8.57. The van der Waals surface area contributed by atoms with Crippen molar-refractivity contribution < 1.29 is 23.9 Å². The maximum Gasteiger partial charge on any atom is 0.328 e. The third-order valence-corrected chi connectivity index (χ3v) is 12.1. The molecule has 0 radical (unpaired) electrons. The van der Waals surface area contributed by atoms with Gasteiger partial charge in [0.05, 0.1) is 52.4 Å². The molecule has 8 rings (SSSR count). The number of rotatable bonds is 9. The van der Waals surface area contributed by atoms with Crippen LogP contribution in [0.3, 0.4) is 0 Å². The van der Waals surface area contributed by atoms with Crippen molar-refractivity contribution in [2.45, 2.75) is 81.9 Å². The van der Waals surface area contributed by atoms with Gasteiger partial charge >= 0.3 is 6.03 Å². The second-order valence-corrected chi connectivity index (χ2v) is 15.8. The first-order valence-electron chi connectivity index (χ1n) is 19.8. The van der Waals surface area contributed by atoms with Crippen LogP contribution in [0.1, 0.15) is 91.5 Å². The van der Waals surface area contributed by atoms with E-state index in [9.17, 15) is 19.2 Å². The Kier molecular flexibility index (Phi) is 11.3. The predicted octanol–water partition coefficient (Wildman–Crippen LogP) is 4.96. The second kappa shape index (κ2) is 16.9. The minimum atomic E-state index is -0.418. The minimum absolute atomic E-state index is 0.0170. The molecule has 0 unspecified atom stereocenters. The van der Waals surface area contributed by atoms with Crippen LogP contribution in [0.5, 0.6) is 5.75 Å². The smallest absolute Gasteiger partial charge is 0.328 e. The van der Waals surface area contributed by atoms with Gasteiger partial charge < -0.3 is 15.0 Å². The summed E-state index contributed by atoms with van der Waals surface area (Å²) < 4.78 is 8.09. The van der Waals surface area contributed by atoms with Gasteiger partial charge in [-0.15, -0.1) is 5.10 Å². The zero-order chi connectivity index (χ0) is 39.5. The van der Waals surface area contributed by atoms with Crippen LogP contribution in [-0.4, -0.2) is 105 Å². The van der Waals surface area contributed by atoms with E-state index < -0.39 is 6.03 Å². The van der Waals surface area contributed by atoms with Gasteiger partial charge in [-0.2, -0.15) is 15.5 Å². The van der Waals surface area contributed by atoms with Crippen LogP contribution < -0.4 is 20.3 Å². The van der Waals surface area contributed by atoms with E-state index in [1.807, 2.05) is 33.8 Å². The van der Waals surface area contributed by atoms with Gasteiger partial charge in [0.25, 0.3) is 5.91 Å². The van der Waals surface area contributed by atoms with Gasteiger partial charge in [0, 0.05) is 49.5 Å². The van der Waals surface area contributed by atoms with E-state index in [1.165, 1.54) is 0 Å². The predicted molar refractivity (Wildman–Crippen MR) is 211 cm³/mol. The number of nitrogens with zero attached hydrogens (tertiary/aromatic N) is 8. The number of fused-ring (bicyclic) bond motifs is 1. The number of ether oxygens (including phenoxy) is 1. The van der Waals surface area contributed by atoms with Crippen LogP contribution in [-0.2, 0) is 9.59 Å². The average Bonchev–Trinajstić information content (AvgIpc) is 3.67. The van der Waals surface area contributed by atoms with Gasteiger partial charge in [0.1, 0.15) is 11.8 Å². The number of nitriles is 1. The van der Waals surface area contributed by atoms with E-state index in [-0.39, 0.29) is 48.2 Å². The normalized spacial score (nSPS) is 21.3. The van der Waals surface area contributed by atoms with Crippen LogP contribution in [0.2, 0.25) is 5.02 Å². The van der Waals surface area contributed by atoms with E-state index in [2.05, 4.69) is 31.8 Å². The molecular weight excluding hydrogens is 748 g/mol. The number of anilines is 1. The number of carbonyl (C=O) groups excluding carboxylic acids is 4. The summed E-state index contributed by atoms with van der Waals surface area (Å²) in [7, 11) is 0. The first-order chi connectivity index (χ1) is 27.7. The zero-order valence-corrected chi connectivity index (χ0v) is 32.4. The maximum atomic E-state index is 13.4. The summed E-state index contributed by atoms with van der Waals surface area (Å²) >= 11 is 6.14. The fraction of sp³-hybridized carbons (Fsp3) is 0.463. The Labute approximate surface area is 335 Å². The Morgan fingerprint density at radius 2 is 1.72 bits per heavy atom. The number of hydrogen-bond acceptors (Lipinski definition) is 10. The molecule has 5 heterocycles. The molecule has 15 nitrogen and oxygen atoms in total. The molecule has 1 aliphatic carbocycles. The van der Waals surface area contributed by atoms with Gasteiger partial charge in [0.15, 0.2) is 5.69 Å². The highest BCUT2D eigenvalue weighted by Gasteiger charge is 2.31. The van der Waals surface area contributed by atoms with Gasteiger partial charge in [0.2, 0.25) is 11.8 Å². The summed E-state index contributed by atoms with van der Waals surface area (Å²) in [4.78, 5) is 56.3. The highest BCUT2D eigenvalue weighted by atomic mass is 35.5. The molecule has 3 aliphatic heterocycles. The van der Waals surface area contributed by atoms with Crippen molar-refractivity contribution >= 4 is 51.9 Å². The van der Waals surface area contributed by atoms with Crippen molar-refractivity contribution in [1.82, 2.24) is 40.4 Å². The molecule has 4 aliphatic rings. The Morgan fingerprint density at radius 1 is 0.930 bits per heavy atom. The molecule has 0 spiro atoms. The largest absolute Gasteiger partial charge is 0.490 e. The Balaban J connectivity index is 0.758. The summed E-state index contributed by atoms with van der Waals surface area (Å²) in [5.74, 6) is 0.494. The fourth-order valence-electron chi connectivity index (χ4n) is 8.53. The summed E-state index contributed by atoms with van der Waals surface area (Å²) in [5.41, 5.74) is 3.25. The number of urea groups is 1. The first-order valence-corrected chi connectivity index (χ1v) is 20.2. The Hall–Kier alpha value is -5.59. The number of halogens is 1. The van der Waals surface area contributed by atoms with Crippen LogP contribution in [0.15, 0.2) is 54.7 Å². The molecule has 1 saturated carbocycles. The van der Waals surface area contributed by atoms with Crippen molar-refractivity contribution in [3.05, 3.63) is 76.7 Å². The molecule has 4 fully saturated rings. The summed E-state index contributed by atoms with van der Waals surface area (Å²) in [6.45, 7) is 3.58. The highest BCUT2D eigenvalue weighted by molar-refractivity contribution is 6.31. The third-order valence-electron chi connectivity index (χ3n) is 11.8. The standard InChI is InChI=1S/C41H45ClN10O5/c42-33-22-31(7-4-27(33)23-43)57-30-8-5-28(6-9-30)45-40(55)35-11-10-34(47-48-35)26-12-17-49(18-13-26)25-39(54)50-19-14-29(15-20-50)52-37-3-1-2-36(32(37)24-44-52)51-21-16-38(53)46-41(51)56/h1-4,7,10-11,22,24,26,28-30H,5-6,8-9,12-21,25H2,(H,45,55)(H,46,53,56). The van der Waals surface area contributed by atoms with Crippen molar-refractivity contribution in [3.63, 3.8) is 0 Å². The molecule has 2 N–H and O–H groups in total. The molecule has 0 bridgehead atoms. The number of benzene rings is 2. The molecule has 5 amide bonds. The number of imide groups is 1. The quantitative estimate of drug-likeness (QED) is 0.235. The van der Waals surface area contributed by atoms with Crippen molar-refractivity contribution in [1.29, 1.82) is 5.26 Å². The van der Waals surface area contributed by atoms with E-state index in [0.29, 0.717) is 48.2 Å². The number of aromatic nitrogens is 4. The zero-order valence-electron chi connectivity index (χ0n) is 31.6. The summed E-state index contributed by atoms with van der Waals surface area (Å²) in [6, 6.07) is 16.3. The van der Waals surface area contributed by atoms with Crippen molar-refractivity contribution in [2.75, 3.05) is 44.2 Å². The van der Waals surface area contributed by atoms with Gasteiger partial charge in [-0.05, 0) is 101 Å². The molecule has 57 heavy (non-hydrogen) atoms. The molecule has 2 aromatic carbocycles. The van der Waals surface area contributed by atoms with Crippen molar-refractivity contribution in [3.8, 4) is 11.8 Å². The monoisotopic (exact) mass is 792 g/mol. The molecular formula is C41H45ClN10O5. The van der Waals surface area contributed by atoms with Crippen LogP contribution >= 0.6 is 11.6 Å². The van der Waals surface area contributed by atoms with Crippen LogP contribution in [0.25, 0.3) is 10.9 Å².